The number of fused-ring (bicyclic) bond motifs is 5. The highest BCUT2D eigenvalue weighted by Gasteiger charge is 2.14. The highest BCUT2D eigenvalue weighted by Crippen LogP contribution is 2.33. The van der Waals surface area contributed by atoms with Gasteiger partial charge in [0, 0.05) is 26.7 Å². The van der Waals surface area contributed by atoms with E-state index >= 15 is 0 Å². The summed E-state index contributed by atoms with van der Waals surface area (Å²) >= 11 is 1.60. The molecule has 0 fully saturated rings. The largest absolute Gasteiger partial charge is 0.321 e. The van der Waals surface area contributed by atoms with Crippen LogP contribution in [0.25, 0.3) is 42.2 Å². The molecule has 30 heavy (non-hydrogen) atoms. The van der Waals surface area contributed by atoms with E-state index in [-0.39, 0.29) is 5.91 Å². The van der Waals surface area contributed by atoms with Crippen LogP contribution in [-0.4, -0.2) is 15.9 Å². The summed E-state index contributed by atoms with van der Waals surface area (Å²) in [6.45, 7) is 0. The van der Waals surface area contributed by atoms with E-state index in [0.717, 1.165) is 47.9 Å². The fourth-order valence-electron chi connectivity index (χ4n) is 3.81. The summed E-state index contributed by atoms with van der Waals surface area (Å²) in [5.74, 6) is -0.138. The Labute approximate surface area is 175 Å². The van der Waals surface area contributed by atoms with Crippen LogP contribution in [0.15, 0.2) is 84.9 Å². The molecule has 0 spiro atoms. The minimum atomic E-state index is -0.138. The van der Waals surface area contributed by atoms with E-state index in [1.54, 1.807) is 11.3 Å². The molecule has 0 aliphatic rings. The van der Waals surface area contributed by atoms with Crippen molar-refractivity contribution in [3.8, 4) is 0 Å². The number of rotatable bonds is 2. The van der Waals surface area contributed by atoms with E-state index in [0.29, 0.717) is 5.56 Å². The minimum Gasteiger partial charge on any atom is -0.321 e. The number of amides is 1. The lowest BCUT2D eigenvalue weighted by atomic mass is 10.1. The van der Waals surface area contributed by atoms with E-state index in [2.05, 4.69) is 5.32 Å². The molecule has 2 aromatic heterocycles. The maximum absolute atomic E-state index is 13.0. The van der Waals surface area contributed by atoms with Crippen molar-refractivity contribution in [2.24, 2.45) is 0 Å². The van der Waals surface area contributed by atoms with Crippen LogP contribution >= 0.6 is 11.3 Å². The van der Waals surface area contributed by atoms with Gasteiger partial charge in [0.2, 0.25) is 0 Å². The molecule has 0 bridgehead atoms. The Kier molecular flexibility index (Phi) is 3.76. The van der Waals surface area contributed by atoms with Gasteiger partial charge >= 0.3 is 0 Å². The number of aromatic nitrogens is 2. The van der Waals surface area contributed by atoms with Crippen LogP contribution in [0.1, 0.15) is 10.4 Å². The monoisotopic (exact) mass is 405 g/mol. The first kappa shape index (κ1) is 17.1. The van der Waals surface area contributed by atoms with Gasteiger partial charge in [0.05, 0.1) is 11.0 Å². The number of nitrogens with zero attached hydrogens (tertiary/aromatic N) is 2. The average molecular weight is 405 g/mol. The average Bonchev–Trinajstić information content (AvgIpc) is 3.14. The van der Waals surface area contributed by atoms with Crippen molar-refractivity contribution in [1.29, 1.82) is 0 Å². The second kappa shape index (κ2) is 6.61. The standard InChI is InChI=1S/C25H15N3OS/c29-24(27-19-11-5-7-15-6-1-2-8-17(15)19)16-12-13-22-18(14-16)23-25(30-22)28-21-10-4-3-9-20(21)26-23/h1-14H,(H,27,29). The zero-order chi connectivity index (χ0) is 20.1. The molecule has 0 unspecified atom stereocenters. The topological polar surface area (TPSA) is 54.9 Å². The quantitative estimate of drug-likeness (QED) is 0.362. The summed E-state index contributed by atoms with van der Waals surface area (Å²) in [4.78, 5) is 23.5. The number of hydrogen-bond donors (Lipinski definition) is 1. The molecule has 0 radical (unpaired) electrons. The van der Waals surface area contributed by atoms with E-state index in [9.17, 15) is 4.79 Å². The fourth-order valence-corrected chi connectivity index (χ4v) is 4.81. The normalized spacial score (nSPS) is 11.5. The first-order valence-corrected chi connectivity index (χ1v) is 10.5. The molecule has 0 aliphatic carbocycles. The highest BCUT2D eigenvalue weighted by molar-refractivity contribution is 7.25. The number of anilines is 1. The predicted molar refractivity (Wildman–Crippen MR) is 124 cm³/mol. The molecular weight excluding hydrogens is 390 g/mol. The third kappa shape index (κ3) is 2.71. The summed E-state index contributed by atoms with van der Waals surface area (Å²) in [5.41, 5.74) is 3.98. The van der Waals surface area contributed by atoms with Crippen molar-refractivity contribution >= 4 is 65.2 Å². The Morgan fingerprint density at radius 3 is 2.43 bits per heavy atom. The van der Waals surface area contributed by atoms with Gasteiger partial charge in [-0.15, -0.1) is 11.3 Å². The Bertz CT molecular complexity index is 1600. The molecule has 6 rings (SSSR count). The van der Waals surface area contributed by atoms with Gasteiger partial charge in [-0.05, 0) is 41.8 Å². The lowest BCUT2D eigenvalue weighted by Gasteiger charge is -2.09. The molecule has 0 atom stereocenters. The molecular formula is C25H15N3OS. The van der Waals surface area contributed by atoms with Gasteiger partial charge in [-0.1, -0.05) is 48.5 Å². The van der Waals surface area contributed by atoms with Crippen LogP contribution in [0.4, 0.5) is 5.69 Å². The van der Waals surface area contributed by atoms with Gasteiger partial charge < -0.3 is 5.32 Å². The summed E-state index contributed by atoms with van der Waals surface area (Å²) in [6.07, 6.45) is 0. The Balaban J connectivity index is 1.44. The number of benzene rings is 4. The minimum absolute atomic E-state index is 0.138. The molecule has 0 saturated carbocycles. The maximum atomic E-state index is 13.0. The van der Waals surface area contributed by atoms with Crippen LogP contribution in [0.3, 0.4) is 0 Å². The lowest BCUT2D eigenvalue weighted by Crippen LogP contribution is -2.11. The van der Waals surface area contributed by atoms with Crippen molar-refractivity contribution in [2.45, 2.75) is 0 Å². The predicted octanol–water partition coefficient (Wildman–Crippen LogP) is 6.40. The smallest absolute Gasteiger partial charge is 0.255 e. The molecule has 1 N–H and O–H groups in total. The van der Waals surface area contributed by atoms with E-state index in [1.165, 1.54) is 0 Å². The highest BCUT2D eigenvalue weighted by atomic mass is 32.1. The van der Waals surface area contributed by atoms with Gasteiger partial charge in [-0.3, -0.25) is 4.79 Å². The molecule has 2 heterocycles. The van der Waals surface area contributed by atoms with Crippen LogP contribution in [-0.2, 0) is 0 Å². The fraction of sp³-hybridized carbons (Fsp3) is 0. The maximum Gasteiger partial charge on any atom is 0.255 e. The molecule has 4 nitrogen and oxygen atoms in total. The number of carbonyl (C=O) groups excluding carboxylic acids is 1. The molecule has 5 heteroatoms. The zero-order valence-electron chi connectivity index (χ0n) is 15.8. The van der Waals surface area contributed by atoms with Crippen LogP contribution < -0.4 is 5.32 Å². The van der Waals surface area contributed by atoms with Crippen LogP contribution in [0.5, 0.6) is 0 Å². The van der Waals surface area contributed by atoms with Crippen molar-refractivity contribution in [2.75, 3.05) is 5.32 Å². The number of nitrogens with one attached hydrogen (secondary N) is 1. The molecule has 142 valence electrons. The Morgan fingerprint density at radius 2 is 1.53 bits per heavy atom. The van der Waals surface area contributed by atoms with Gasteiger partial charge in [0.1, 0.15) is 10.3 Å². The summed E-state index contributed by atoms with van der Waals surface area (Å²) < 4.78 is 1.07. The van der Waals surface area contributed by atoms with Gasteiger partial charge in [0.25, 0.3) is 5.91 Å². The first-order chi connectivity index (χ1) is 14.8. The molecule has 4 aromatic carbocycles. The Morgan fingerprint density at radius 1 is 0.767 bits per heavy atom. The third-order valence-corrected chi connectivity index (χ3v) is 6.33. The second-order valence-corrected chi connectivity index (χ2v) is 8.19. The second-order valence-electron chi connectivity index (χ2n) is 7.16. The van der Waals surface area contributed by atoms with Crippen LogP contribution in [0.2, 0.25) is 0 Å². The van der Waals surface area contributed by atoms with Gasteiger partial charge in [0.15, 0.2) is 0 Å². The van der Waals surface area contributed by atoms with E-state index < -0.39 is 0 Å². The van der Waals surface area contributed by atoms with Crippen molar-refractivity contribution in [3.63, 3.8) is 0 Å². The van der Waals surface area contributed by atoms with Gasteiger partial charge in [-0.25, -0.2) is 9.97 Å². The zero-order valence-corrected chi connectivity index (χ0v) is 16.6. The van der Waals surface area contributed by atoms with E-state index in [4.69, 9.17) is 9.97 Å². The molecule has 1 amide bonds. The van der Waals surface area contributed by atoms with Crippen molar-refractivity contribution in [1.82, 2.24) is 9.97 Å². The third-order valence-electron chi connectivity index (χ3n) is 5.28. The summed E-state index contributed by atoms with van der Waals surface area (Å²) in [5, 5.41) is 6.14. The molecule has 6 aromatic rings. The SMILES string of the molecule is O=C(Nc1cccc2ccccc12)c1ccc2sc3nc4ccccc4nc3c2c1. The number of thiophene rings is 1. The molecule has 0 saturated heterocycles. The summed E-state index contributed by atoms with van der Waals surface area (Å²) in [6, 6.07) is 27.5. The number of para-hydroxylation sites is 2. The lowest BCUT2D eigenvalue weighted by molar-refractivity contribution is 0.102. The number of hydrogen-bond acceptors (Lipinski definition) is 4. The van der Waals surface area contributed by atoms with Crippen molar-refractivity contribution < 1.29 is 4.79 Å². The first-order valence-electron chi connectivity index (χ1n) is 9.64. The Hall–Kier alpha value is -3.83. The summed E-state index contributed by atoms with van der Waals surface area (Å²) in [7, 11) is 0. The van der Waals surface area contributed by atoms with Crippen molar-refractivity contribution in [3.05, 3.63) is 90.5 Å². The molecule has 0 aliphatic heterocycles. The van der Waals surface area contributed by atoms with Gasteiger partial charge in [-0.2, -0.15) is 0 Å². The number of carbonyl (C=O) groups is 1. The van der Waals surface area contributed by atoms with Crippen LogP contribution in [0, 0.1) is 0 Å². The van der Waals surface area contributed by atoms with E-state index in [1.807, 2.05) is 84.9 Å².